The Kier molecular flexibility index (Phi) is 7.82. The van der Waals surface area contributed by atoms with Crippen LogP contribution in [0, 0.1) is 5.41 Å². The predicted molar refractivity (Wildman–Crippen MR) is 117 cm³/mol. The van der Waals surface area contributed by atoms with E-state index in [1.54, 1.807) is 0 Å². The van der Waals surface area contributed by atoms with Crippen LogP contribution in [0.2, 0.25) is 0 Å². The molecule has 7 nitrogen and oxygen atoms in total. The molecule has 0 aromatic rings. The molecule has 0 aromatic heterocycles. The molecule has 0 aromatic carbocycles. The van der Waals surface area contributed by atoms with Crippen LogP contribution in [0.5, 0.6) is 0 Å². The smallest absolute Gasteiger partial charge is 0.222 e. The number of nitrogens with zero attached hydrogens (tertiary/aromatic N) is 2. The highest BCUT2D eigenvalue weighted by Crippen LogP contribution is 2.42. The Hall–Kier alpha value is -1.31. The first-order valence-electron chi connectivity index (χ1n) is 11.4. The maximum absolute atomic E-state index is 12.2. The molecule has 1 unspecified atom stereocenters. The molecule has 3 rings (SSSR count). The number of carbonyl (C=O) groups excluding carboxylic acids is 1. The Morgan fingerprint density at radius 3 is 2.52 bits per heavy atom. The Labute approximate surface area is 176 Å². The molecule has 3 fully saturated rings. The molecule has 0 bridgehead atoms. The van der Waals surface area contributed by atoms with E-state index in [1.165, 1.54) is 51.4 Å². The molecule has 2 aliphatic heterocycles. The number of aliphatic imine (C=N–C) groups is 1. The number of likely N-dealkylation sites (tertiary alicyclic amines) is 1. The fourth-order valence-electron chi connectivity index (χ4n) is 5.17. The maximum atomic E-state index is 12.2. The zero-order valence-electron chi connectivity index (χ0n) is 17.9. The number of hydrogen-bond acceptors (Lipinski definition) is 4. The van der Waals surface area contributed by atoms with Gasteiger partial charge in [-0.1, -0.05) is 25.7 Å². The molecule has 2 heterocycles. The van der Waals surface area contributed by atoms with Crippen LogP contribution >= 0.6 is 0 Å². The van der Waals surface area contributed by atoms with E-state index >= 15 is 0 Å². The van der Waals surface area contributed by atoms with Crippen molar-refractivity contribution in [1.29, 1.82) is 0 Å². The minimum Gasteiger partial charge on any atom is -0.357 e. The van der Waals surface area contributed by atoms with Crippen LogP contribution in [-0.2, 0) is 14.6 Å². The lowest BCUT2D eigenvalue weighted by Crippen LogP contribution is -2.50. The quantitative estimate of drug-likeness (QED) is 0.519. The van der Waals surface area contributed by atoms with Gasteiger partial charge in [0.15, 0.2) is 15.8 Å². The highest BCUT2D eigenvalue weighted by atomic mass is 32.2. The Morgan fingerprint density at radius 2 is 1.86 bits per heavy atom. The van der Waals surface area contributed by atoms with Crippen molar-refractivity contribution in [2.45, 2.75) is 77.2 Å². The third-order valence-electron chi connectivity index (χ3n) is 6.66. The van der Waals surface area contributed by atoms with Crippen LogP contribution in [-0.4, -0.2) is 68.9 Å². The monoisotopic (exact) mass is 426 g/mol. The number of guanidine groups is 1. The van der Waals surface area contributed by atoms with Gasteiger partial charge in [-0.3, -0.25) is 9.79 Å². The van der Waals surface area contributed by atoms with E-state index < -0.39 is 9.84 Å². The second-order valence-electron chi connectivity index (χ2n) is 9.09. The van der Waals surface area contributed by atoms with Gasteiger partial charge in [0.1, 0.15) is 0 Å². The summed E-state index contributed by atoms with van der Waals surface area (Å²) in [6.45, 7) is 5.42. The van der Waals surface area contributed by atoms with Gasteiger partial charge in [-0.25, -0.2) is 8.42 Å². The Bertz CT molecular complexity index is 684. The third kappa shape index (κ3) is 6.59. The van der Waals surface area contributed by atoms with Crippen LogP contribution < -0.4 is 10.6 Å². The minimum atomic E-state index is -2.97. The molecule has 2 N–H and O–H groups in total. The van der Waals surface area contributed by atoms with E-state index in [0.29, 0.717) is 24.8 Å². The maximum Gasteiger partial charge on any atom is 0.222 e. The van der Waals surface area contributed by atoms with Crippen LogP contribution in [0.25, 0.3) is 0 Å². The largest absolute Gasteiger partial charge is 0.357 e. The summed E-state index contributed by atoms with van der Waals surface area (Å²) in [7, 11) is -2.97. The van der Waals surface area contributed by atoms with E-state index in [-0.39, 0.29) is 23.5 Å². The van der Waals surface area contributed by atoms with Crippen molar-refractivity contribution in [3.8, 4) is 0 Å². The van der Waals surface area contributed by atoms with E-state index in [9.17, 15) is 13.2 Å². The van der Waals surface area contributed by atoms with Crippen LogP contribution in [0.3, 0.4) is 0 Å². The first-order valence-corrected chi connectivity index (χ1v) is 13.3. The van der Waals surface area contributed by atoms with E-state index in [4.69, 9.17) is 4.99 Å². The number of carbonyl (C=O) groups is 1. The van der Waals surface area contributed by atoms with Gasteiger partial charge in [-0.2, -0.15) is 0 Å². The van der Waals surface area contributed by atoms with Crippen molar-refractivity contribution in [1.82, 2.24) is 15.5 Å². The molecule has 166 valence electrons. The standard InChI is InChI=1S/C21H38N4O3S/c1-2-22-20(23-13-8-19(26)24-18-9-15-29(27,28)16-18)25-14-7-12-21(17-25)10-5-3-4-6-11-21/h18H,2-17H2,1H3,(H,22,23)(H,24,26). The molecule has 0 radical (unpaired) electrons. The number of rotatable bonds is 5. The summed E-state index contributed by atoms with van der Waals surface area (Å²) in [5, 5.41) is 6.26. The molecular weight excluding hydrogens is 388 g/mol. The van der Waals surface area contributed by atoms with E-state index in [0.717, 1.165) is 25.6 Å². The number of amides is 1. The highest BCUT2D eigenvalue weighted by molar-refractivity contribution is 7.91. The van der Waals surface area contributed by atoms with Crippen molar-refractivity contribution < 1.29 is 13.2 Å². The molecule has 1 atom stereocenters. The molecule has 2 saturated heterocycles. The number of hydrogen-bond donors (Lipinski definition) is 2. The van der Waals surface area contributed by atoms with Gasteiger partial charge in [0.05, 0.1) is 18.1 Å². The first kappa shape index (κ1) is 22.4. The van der Waals surface area contributed by atoms with Gasteiger partial charge in [-0.15, -0.1) is 0 Å². The summed E-state index contributed by atoms with van der Waals surface area (Å²) < 4.78 is 23.1. The van der Waals surface area contributed by atoms with Gasteiger partial charge in [0.2, 0.25) is 5.91 Å². The average Bonchev–Trinajstić information content (AvgIpc) is 2.87. The van der Waals surface area contributed by atoms with Gasteiger partial charge in [-0.05, 0) is 44.4 Å². The van der Waals surface area contributed by atoms with Gasteiger partial charge in [0.25, 0.3) is 0 Å². The van der Waals surface area contributed by atoms with Crippen LogP contribution in [0.4, 0.5) is 0 Å². The molecule has 1 aliphatic carbocycles. The first-order chi connectivity index (χ1) is 13.9. The lowest BCUT2D eigenvalue weighted by Gasteiger charge is -2.44. The third-order valence-corrected chi connectivity index (χ3v) is 8.43. The van der Waals surface area contributed by atoms with Gasteiger partial charge >= 0.3 is 0 Å². The van der Waals surface area contributed by atoms with Crippen molar-refractivity contribution >= 4 is 21.7 Å². The number of piperidine rings is 1. The number of nitrogens with one attached hydrogen (secondary N) is 2. The van der Waals surface area contributed by atoms with E-state index in [1.807, 2.05) is 0 Å². The van der Waals surface area contributed by atoms with Crippen LogP contribution in [0.15, 0.2) is 4.99 Å². The van der Waals surface area contributed by atoms with Crippen molar-refractivity contribution in [3.63, 3.8) is 0 Å². The zero-order chi connectivity index (χ0) is 20.7. The van der Waals surface area contributed by atoms with Crippen molar-refractivity contribution in [2.75, 3.05) is 37.7 Å². The van der Waals surface area contributed by atoms with Crippen LogP contribution in [0.1, 0.15) is 71.1 Å². The summed E-state index contributed by atoms with van der Waals surface area (Å²) in [4.78, 5) is 19.3. The summed E-state index contributed by atoms with van der Waals surface area (Å²) in [6, 6.07) is -0.234. The highest BCUT2D eigenvalue weighted by Gasteiger charge is 2.36. The summed E-state index contributed by atoms with van der Waals surface area (Å²) in [5.41, 5.74) is 0.441. The lowest BCUT2D eigenvalue weighted by atomic mass is 9.74. The molecule has 1 saturated carbocycles. The molecular formula is C21H38N4O3S. The molecule has 8 heteroatoms. The van der Waals surface area contributed by atoms with Crippen molar-refractivity contribution in [2.24, 2.45) is 10.4 Å². The SMILES string of the molecule is CCNC(=NCCC(=O)NC1CCS(=O)(=O)C1)N1CCCC2(CCCCCC2)C1. The summed E-state index contributed by atoms with van der Waals surface area (Å²) >= 11 is 0. The second kappa shape index (κ2) is 10.1. The fourth-order valence-corrected chi connectivity index (χ4v) is 6.85. The lowest BCUT2D eigenvalue weighted by molar-refractivity contribution is -0.121. The molecule has 1 spiro atoms. The Balaban J connectivity index is 1.53. The molecule has 3 aliphatic rings. The molecule has 29 heavy (non-hydrogen) atoms. The average molecular weight is 427 g/mol. The van der Waals surface area contributed by atoms with Gasteiger partial charge in [0, 0.05) is 32.1 Å². The summed E-state index contributed by atoms with van der Waals surface area (Å²) in [6.07, 6.45) is 11.4. The minimum absolute atomic E-state index is 0.0699. The second-order valence-corrected chi connectivity index (χ2v) is 11.3. The van der Waals surface area contributed by atoms with Crippen molar-refractivity contribution in [3.05, 3.63) is 0 Å². The normalized spacial score (nSPS) is 26.9. The fraction of sp³-hybridized carbons (Fsp3) is 0.905. The predicted octanol–water partition coefficient (Wildman–Crippen LogP) is 2.08. The van der Waals surface area contributed by atoms with E-state index in [2.05, 4.69) is 22.5 Å². The summed E-state index contributed by atoms with van der Waals surface area (Å²) in [5.74, 6) is 1.07. The van der Waals surface area contributed by atoms with Gasteiger partial charge < -0.3 is 15.5 Å². The number of sulfone groups is 1. The zero-order valence-corrected chi connectivity index (χ0v) is 18.7. The Morgan fingerprint density at radius 1 is 1.14 bits per heavy atom. The topological polar surface area (TPSA) is 90.9 Å². The molecule has 1 amide bonds.